The normalized spacial score (nSPS) is 24.4. The zero-order chi connectivity index (χ0) is 21.6. The van der Waals surface area contributed by atoms with E-state index in [9.17, 15) is 18.0 Å². The van der Waals surface area contributed by atoms with Gasteiger partial charge in [-0.2, -0.15) is 4.31 Å². The molecule has 2 fully saturated rings. The Morgan fingerprint density at radius 3 is 2.37 bits per heavy atom. The Kier molecular flexibility index (Phi) is 5.52. The lowest BCUT2D eigenvalue weighted by atomic mass is 9.89. The van der Waals surface area contributed by atoms with E-state index in [1.54, 1.807) is 13.1 Å². The Morgan fingerprint density at radius 1 is 1.10 bits per heavy atom. The minimum Gasteiger partial charge on any atom is -0.408 e. The average Bonchev–Trinajstić information content (AvgIpc) is 3.00. The summed E-state index contributed by atoms with van der Waals surface area (Å²) in [5.74, 6) is 0.527. The van der Waals surface area contributed by atoms with Crippen molar-refractivity contribution in [2.24, 2.45) is 24.8 Å². The molecule has 9 heteroatoms. The van der Waals surface area contributed by atoms with Gasteiger partial charge in [0.15, 0.2) is 5.58 Å². The maximum absolute atomic E-state index is 13.1. The van der Waals surface area contributed by atoms with E-state index in [0.717, 1.165) is 19.5 Å². The highest BCUT2D eigenvalue weighted by molar-refractivity contribution is 7.89. The van der Waals surface area contributed by atoms with E-state index in [-0.39, 0.29) is 22.3 Å². The lowest BCUT2D eigenvalue weighted by molar-refractivity contribution is -0.139. The van der Waals surface area contributed by atoms with E-state index in [4.69, 9.17) is 4.42 Å². The van der Waals surface area contributed by atoms with Crippen molar-refractivity contribution in [1.29, 1.82) is 0 Å². The Balaban J connectivity index is 1.45. The van der Waals surface area contributed by atoms with Crippen LogP contribution in [0, 0.1) is 17.8 Å². The van der Waals surface area contributed by atoms with Gasteiger partial charge >= 0.3 is 5.76 Å². The minimum atomic E-state index is -3.71. The highest BCUT2D eigenvalue weighted by Gasteiger charge is 2.35. The summed E-state index contributed by atoms with van der Waals surface area (Å²) in [5.41, 5.74) is 0.801. The SMILES string of the molecule is CC1CC(C)CN(C(=O)C2CCN(S(=O)(=O)c3ccc4c(c3)oc(=O)n4C)CC2)C1. The first-order valence-corrected chi connectivity index (χ1v) is 12.0. The fraction of sp³-hybridized carbons (Fsp3) is 0.619. The molecular formula is C21H29N3O5S. The van der Waals surface area contributed by atoms with Crippen molar-refractivity contribution in [2.75, 3.05) is 26.2 Å². The van der Waals surface area contributed by atoms with Gasteiger partial charge in [0.05, 0.1) is 10.4 Å². The lowest BCUT2D eigenvalue weighted by Crippen LogP contribution is -2.48. The van der Waals surface area contributed by atoms with Gasteiger partial charge in [0.1, 0.15) is 0 Å². The molecule has 2 aliphatic heterocycles. The van der Waals surface area contributed by atoms with Crippen molar-refractivity contribution in [3.05, 3.63) is 28.7 Å². The molecule has 0 aliphatic carbocycles. The van der Waals surface area contributed by atoms with E-state index < -0.39 is 15.8 Å². The van der Waals surface area contributed by atoms with Crippen LogP contribution in [0.3, 0.4) is 0 Å². The van der Waals surface area contributed by atoms with Crippen LogP contribution in [0.1, 0.15) is 33.1 Å². The molecule has 2 atom stereocenters. The number of piperidine rings is 2. The zero-order valence-corrected chi connectivity index (χ0v) is 18.5. The fourth-order valence-electron chi connectivity index (χ4n) is 4.87. The molecule has 164 valence electrons. The third-order valence-electron chi connectivity index (χ3n) is 6.39. The predicted molar refractivity (Wildman–Crippen MR) is 112 cm³/mol. The number of benzene rings is 1. The van der Waals surface area contributed by atoms with Crippen LogP contribution >= 0.6 is 0 Å². The topological polar surface area (TPSA) is 92.8 Å². The molecule has 3 heterocycles. The summed E-state index contributed by atoms with van der Waals surface area (Å²) in [5, 5.41) is 0. The smallest absolute Gasteiger partial charge is 0.408 e. The molecule has 1 aromatic heterocycles. The van der Waals surface area contributed by atoms with Crippen molar-refractivity contribution < 1.29 is 17.6 Å². The molecule has 2 unspecified atom stereocenters. The van der Waals surface area contributed by atoms with Crippen LogP contribution < -0.4 is 5.76 Å². The molecule has 0 spiro atoms. The molecule has 2 aromatic rings. The van der Waals surface area contributed by atoms with Crippen LogP contribution in [0.5, 0.6) is 0 Å². The molecule has 2 saturated heterocycles. The second-order valence-electron chi connectivity index (χ2n) is 8.92. The predicted octanol–water partition coefficient (Wildman–Crippen LogP) is 2.04. The number of nitrogens with zero attached hydrogens (tertiary/aromatic N) is 3. The number of carbonyl (C=O) groups excluding carboxylic acids is 1. The Bertz CT molecular complexity index is 1100. The number of sulfonamides is 1. The number of oxazole rings is 1. The maximum Gasteiger partial charge on any atom is 0.419 e. The first-order valence-electron chi connectivity index (χ1n) is 10.6. The van der Waals surface area contributed by atoms with E-state index in [0.29, 0.717) is 43.3 Å². The molecule has 1 amide bonds. The summed E-state index contributed by atoms with van der Waals surface area (Å²) in [6.07, 6.45) is 2.20. The van der Waals surface area contributed by atoms with Crippen LogP contribution in [0.15, 0.2) is 32.3 Å². The Labute approximate surface area is 176 Å². The van der Waals surface area contributed by atoms with Gasteiger partial charge in [-0.15, -0.1) is 0 Å². The largest absolute Gasteiger partial charge is 0.419 e. The molecule has 2 aliphatic rings. The standard InChI is InChI=1S/C21H29N3O5S/c1-14-10-15(2)13-23(12-14)20(25)16-6-8-24(9-7-16)30(27,28)17-4-5-18-19(11-17)29-21(26)22(18)3/h4-5,11,14-16H,6-10,12-13H2,1-3H3. The fourth-order valence-corrected chi connectivity index (χ4v) is 6.35. The van der Waals surface area contributed by atoms with Crippen LogP contribution in [0.4, 0.5) is 0 Å². The van der Waals surface area contributed by atoms with Gasteiger partial charge in [0, 0.05) is 45.2 Å². The molecule has 0 bridgehead atoms. The summed E-state index contributed by atoms with van der Waals surface area (Å²) >= 11 is 0. The Hall–Kier alpha value is -2.13. The van der Waals surface area contributed by atoms with Crippen LogP contribution in [0.2, 0.25) is 0 Å². The molecule has 0 N–H and O–H groups in total. The number of carbonyl (C=O) groups is 1. The first-order chi connectivity index (χ1) is 14.2. The second kappa shape index (κ2) is 7.85. The van der Waals surface area contributed by atoms with Crippen molar-refractivity contribution >= 4 is 27.0 Å². The van der Waals surface area contributed by atoms with Crippen LogP contribution in [-0.4, -0.2) is 54.3 Å². The van der Waals surface area contributed by atoms with Gasteiger partial charge < -0.3 is 9.32 Å². The number of rotatable bonds is 3. The minimum absolute atomic E-state index is 0.104. The molecule has 0 saturated carbocycles. The number of aryl methyl sites for hydroxylation is 1. The van der Waals surface area contributed by atoms with Crippen LogP contribution in [0.25, 0.3) is 11.1 Å². The van der Waals surface area contributed by atoms with Crippen molar-refractivity contribution in [3.8, 4) is 0 Å². The molecule has 1 aromatic carbocycles. The average molecular weight is 436 g/mol. The summed E-state index contributed by atoms with van der Waals surface area (Å²) < 4.78 is 34.1. The van der Waals surface area contributed by atoms with E-state index in [1.807, 2.05) is 4.90 Å². The Morgan fingerprint density at radius 2 is 1.73 bits per heavy atom. The quantitative estimate of drug-likeness (QED) is 0.736. The van der Waals surface area contributed by atoms with E-state index >= 15 is 0 Å². The highest BCUT2D eigenvalue weighted by atomic mass is 32.2. The third kappa shape index (κ3) is 3.80. The lowest BCUT2D eigenvalue weighted by Gasteiger charge is -2.39. The molecule has 0 radical (unpaired) electrons. The first kappa shape index (κ1) is 21.1. The monoisotopic (exact) mass is 435 g/mol. The number of fused-ring (bicyclic) bond motifs is 1. The summed E-state index contributed by atoms with van der Waals surface area (Å²) in [7, 11) is -2.13. The zero-order valence-electron chi connectivity index (χ0n) is 17.7. The van der Waals surface area contributed by atoms with Gasteiger partial charge in [-0.25, -0.2) is 13.2 Å². The second-order valence-corrected chi connectivity index (χ2v) is 10.9. The third-order valence-corrected chi connectivity index (χ3v) is 8.28. The van der Waals surface area contributed by atoms with E-state index in [2.05, 4.69) is 13.8 Å². The number of amides is 1. The van der Waals surface area contributed by atoms with Crippen molar-refractivity contribution in [2.45, 2.75) is 38.0 Å². The van der Waals surface area contributed by atoms with Crippen LogP contribution in [-0.2, 0) is 21.9 Å². The molecule has 4 rings (SSSR count). The number of hydrogen-bond acceptors (Lipinski definition) is 5. The molecule has 8 nitrogen and oxygen atoms in total. The van der Waals surface area contributed by atoms with Crippen molar-refractivity contribution in [1.82, 2.24) is 13.8 Å². The maximum atomic E-state index is 13.1. The van der Waals surface area contributed by atoms with Crippen molar-refractivity contribution in [3.63, 3.8) is 0 Å². The summed E-state index contributed by atoms with van der Waals surface area (Å²) in [6.45, 7) is 6.57. The number of aromatic nitrogens is 1. The highest BCUT2D eigenvalue weighted by Crippen LogP contribution is 2.29. The number of likely N-dealkylation sites (tertiary alicyclic amines) is 1. The molecular weight excluding hydrogens is 406 g/mol. The molecule has 30 heavy (non-hydrogen) atoms. The van der Waals surface area contributed by atoms with Gasteiger partial charge in [-0.1, -0.05) is 13.8 Å². The van der Waals surface area contributed by atoms with E-state index in [1.165, 1.54) is 21.0 Å². The summed E-state index contributed by atoms with van der Waals surface area (Å²) in [4.78, 5) is 26.7. The van der Waals surface area contributed by atoms with Gasteiger partial charge in [0.25, 0.3) is 0 Å². The van der Waals surface area contributed by atoms with Gasteiger partial charge in [0.2, 0.25) is 15.9 Å². The summed E-state index contributed by atoms with van der Waals surface area (Å²) in [6, 6.07) is 4.49. The van der Waals surface area contributed by atoms with Gasteiger partial charge in [-0.3, -0.25) is 9.36 Å². The van der Waals surface area contributed by atoms with Gasteiger partial charge in [-0.05, 0) is 43.2 Å². The number of hydrogen-bond donors (Lipinski definition) is 0.